The number of benzene rings is 2. The van der Waals surface area contributed by atoms with E-state index in [0.29, 0.717) is 89.1 Å². The predicted octanol–water partition coefficient (Wildman–Crippen LogP) is 2.49. The molecule has 0 radical (unpaired) electrons. The van der Waals surface area contributed by atoms with Gasteiger partial charge in [0.2, 0.25) is 11.8 Å². The lowest BCUT2D eigenvalue weighted by atomic mass is 9.98. The molecule has 0 aliphatic carbocycles. The van der Waals surface area contributed by atoms with Gasteiger partial charge in [-0.1, -0.05) is 30.3 Å². The van der Waals surface area contributed by atoms with Crippen molar-refractivity contribution in [3.05, 3.63) is 65.2 Å². The summed E-state index contributed by atoms with van der Waals surface area (Å²) in [5, 5.41) is 19.6. The van der Waals surface area contributed by atoms with Gasteiger partial charge in [0.25, 0.3) is 0 Å². The molecule has 3 aliphatic heterocycles. The van der Waals surface area contributed by atoms with Crippen LogP contribution < -0.4 is 16.0 Å². The van der Waals surface area contributed by atoms with Gasteiger partial charge in [-0.3, -0.25) is 25.3 Å². The zero-order valence-corrected chi connectivity index (χ0v) is 26.8. The number of nitrogens with zero attached hydrogens (tertiary/aromatic N) is 5. The number of morpholine rings is 1. The summed E-state index contributed by atoms with van der Waals surface area (Å²) in [6, 6.07) is 13.3. The number of nitrogens with one attached hydrogen (secondary N) is 3. The topological polar surface area (TPSA) is 154 Å². The number of nitrogens with two attached hydrogens (primary N) is 1. The molecular formula is C34H45N9O3. The number of rotatable bonds is 9. The lowest BCUT2D eigenvalue weighted by Gasteiger charge is -2.30. The minimum absolute atomic E-state index is 0.0339. The summed E-state index contributed by atoms with van der Waals surface area (Å²) < 4.78 is 5.43. The maximum absolute atomic E-state index is 13.7. The van der Waals surface area contributed by atoms with E-state index in [4.69, 9.17) is 21.3 Å². The number of ether oxygens (including phenoxy) is 1. The van der Waals surface area contributed by atoms with Crippen molar-refractivity contribution in [2.75, 3.05) is 83.3 Å². The average molecular weight is 628 g/mol. The molecule has 3 aliphatic rings. The van der Waals surface area contributed by atoms with Gasteiger partial charge in [0, 0.05) is 68.8 Å². The zero-order chi connectivity index (χ0) is 32.6. The number of anilines is 2. The summed E-state index contributed by atoms with van der Waals surface area (Å²) in [7, 11) is 1.74. The summed E-state index contributed by atoms with van der Waals surface area (Å²) in [4.78, 5) is 38.7. The lowest BCUT2D eigenvalue weighted by Crippen LogP contribution is -2.42. The van der Waals surface area contributed by atoms with Gasteiger partial charge < -0.3 is 30.5 Å². The van der Waals surface area contributed by atoms with E-state index >= 15 is 0 Å². The molecule has 5 N–H and O–H groups in total. The van der Waals surface area contributed by atoms with Gasteiger partial charge >= 0.3 is 0 Å². The number of amidine groups is 2. The van der Waals surface area contributed by atoms with Crippen molar-refractivity contribution in [2.45, 2.75) is 19.8 Å². The fraction of sp³-hybridized carbons (Fsp3) is 0.441. The van der Waals surface area contributed by atoms with E-state index in [-0.39, 0.29) is 23.6 Å². The Morgan fingerprint density at radius 1 is 1.09 bits per heavy atom. The van der Waals surface area contributed by atoms with Gasteiger partial charge in [-0.05, 0) is 55.6 Å². The Morgan fingerprint density at radius 2 is 1.85 bits per heavy atom. The standard InChI is InChI=1S/C34H45N9O3/c1-3-43(28-8-9-30(35)29(20-28)33(37)42-16-18-46-19-17-42)34(45)27-10-13-40(21-27)22-31(44)41-14-11-25(12-15-41)24-4-6-26(7-5-24)32(36)39-23-38-2/h4-9,11,20,23,27,37H,3,10,12-19,21-22,35H2,1-2H3,(H2,36,38,39)/t27-/m1/s1. The number of aliphatic imine (C=N–C) groups is 1. The molecule has 2 aromatic carbocycles. The fourth-order valence-corrected chi connectivity index (χ4v) is 6.23. The van der Waals surface area contributed by atoms with Crippen LogP contribution in [0, 0.1) is 16.7 Å². The summed E-state index contributed by atoms with van der Waals surface area (Å²) in [6.07, 6.45) is 5.06. The first-order valence-electron chi connectivity index (χ1n) is 16.0. The number of carbonyl (C=O) groups excluding carboxylic acids is 2. The molecule has 0 saturated carbocycles. The van der Waals surface area contributed by atoms with E-state index < -0.39 is 0 Å². The number of amides is 2. The molecule has 1 atom stereocenters. The molecule has 2 saturated heterocycles. The Bertz CT molecular complexity index is 1500. The first-order chi connectivity index (χ1) is 22.3. The fourth-order valence-electron chi connectivity index (χ4n) is 6.23. The van der Waals surface area contributed by atoms with E-state index in [9.17, 15) is 9.59 Å². The highest BCUT2D eigenvalue weighted by molar-refractivity contribution is 6.04. The van der Waals surface area contributed by atoms with Gasteiger partial charge in [-0.25, -0.2) is 4.99 Å². The monoisotopic (exact) mass is 627 g/mol. The van der Waals surface area contributed by atoms with E-state index in [1.807, 2.05) is 53.1 Å². The Hall–Kier alpha value is -4.55. The smallest absolute Gasteiger partial charge is 0.237 e. The van der Waals surface area contributed by atoms with Crippen LogP contribution in [0.4, 0.5) is 11.4 Å². The molecule has 12 nitrogen and oxygen atoms in total. The molecule has 5 rings (SSSR count). The summed E-state index contributed by atoms with van der Waals surface area (Å²) in [5.41, 5.74) is 11.2. The van der Waals surface area contributed by atoms with Crippen molar-refractivity contribution in [2.24, 2.45) is 10.9 Å². The summed E-state index contributed by atoms with van der Waals surface area (Å²) >= 11 is 0. The largest absolute Gasteiger partial charge is 0.398 e. The Labute approximate surface area is 270 Å². The van der Waals surface area contributed by atoms with Crippen molar-refractivity contribution < 1.29 is 14.3 Å². The minimum atomic E-state index is -0.200. The highest BCUT2D eigenvalue weighted by Crippen LogP contribution is 2.28. The van der Waals surface area contributed by atoms with Crippen molar-refractivity contribution in [3.63, 3.8) is 0 Å². The molecule has 244 valence electrons. The molecule has 2 aromatic rings. The molecule has 2 fully saturated rings. The van der Waals surface area contributed by atoms with Gasteiger partial charge in [0.15, 0.2) is 5.84 Å². The number of hydrogen-bond acceptors (Lipinski definition) is 7. The molecule has 0 bridgehead atoms. The van der Waals surface area contributed by atoms with Crippen molar-refractivity contribution in [1.29, 1.82) is 10.8 Å². The first-order valence-corrected chi connectivity index (χ1v) is 16.0. The Morgan fingerprint density at radius 3 is 2.52 bits per heavy atom. The molecule has 2 amide bonds. The SMILES string of the molecule is CCN(C(=O)[C@@H]1CCN(CC(=O)N2CC=C(c3ccc(C(=N)/N=C\NC)cc3)CC2)C1)c1ccc(N)c(C(=N)N2CCOCC2)c1. The predicted molar refractivity (Wildman–Crippen MR) is 183 cm³/mol. The molecule has 0 unspecified atom stereocenters. The zero-order valence-electron chi connectivity index (χ0n) is 26.8. The van der Waals surface area contributed by atoms with Crippen LogP contribution in [0.5, 0.6) is 0 Å². The number of likely N-dealkylation sites (tertiary alicyclic amines) is 1. The van der Waals surface area contributed by atoms with E-state index in [1.165, 1.54) is 11.9 Å². The highest BCUT2D eigenvalue weighted by Gasteiger charge is 2.33. The number of hydrogen-bond donors (Lipinski definition) is 4. The highest BCUT2D eigenvalue weighted by atomic mass is 16.5. The van der Waals surface area contributed by atoms with Crippen LogP contribution in [0.15, 0.2) is 53.5 Å². The van der Waals surface area contributed by atoms with Crippen LogP contribution in [-0.2, 0) is 14.3 Å². The lowest BCUT2D eigenvalue weighted by molar-refractivity contribution is -0.132. The third-order valence-electron chi connectivity index (χ3n) is 8.91. The van der Waals surface area contributed by atoms with Gasteiger partial charge in [0.05, 0.1) is 32.0 Å². The molecule has 0 aromatic heterocycles. The van der Waals surface area contributed by atoms with Crippen molar-refractivity contribution in [1.82, 2.24) is 20.0 Å². The quantitative estimate of drug-likeness (QED) is 0.189. The Balaban J connectivity index is 1.14. The maximum atomic E-state index is 13.7. The van der Waals surface area contributed by atoms with Crippen LogP contribution in [0.25, 0.3) is 5.57 Å². The van der Waals surface area contributed by atoms with Gasteiger partial charge in [-0.15, -0.1) is 0 Å². The van der Waals surface area contributed by atoms with Crippen LogP contribution >= 0.6 is 0 Å². The van der Waals surface area contributed by atoms with Gasteiger partial charge in [-0.2, -0.15) is 0 Å². The van der Waals surface area contributed by atoms with Crippen LogP contribution in [0.2, 0.25) is 0 Å². The summed E-state index contributed by atoms with van der Waals surface area (Å²) in [6.45, 7) is 7.62. The molecule has 3 heterocycles. The number of nitrogen functional groups attached to an aromatic ring is 1. The van der Waals surface area contributed by atoms with Crippen LogP contribution in [0.3, 0.4) is 0 Å². The Kier molecular flexibility index (Phi) is 10.8. The third kappa shape index (κ3) is 7.63. The minimum Gasteiger partial charge on any atom is -0.398 e. The van der Waals surface area contributed by atoms with Crippen LogP contribution in [0.1, 0.15) is 36.5 Å². The maximum Gasteiger partial charge on any atom is 0.237 e. The average Bonchev–Trinajstić information content (AvgIpc) is 3.56. The molecular weight excluding hydrogens is 582 g/mol. The second-order valence-corrected chi connectivity index (χ2v) is 11.8. The van der Waals surface area contributed by atoms with Gasteiger partial charge in [0.1, 0.15) is 5.84 Å². The number of carbonyl (C=O) groups is 2. The molecule has 0 spiro atoms. The van der Waals surface area contributed by atoms with E-state index in [2.05, 4.69) is 21.3 Å². The summed E-state index contributed by atoms with van der Waals surface area (Å²) in [5.74, 6) is 0.456. The molecule has 46 heavy (non-hydrogen) atoms. The third-order valence-corrected chi connectivity index (χ3v) is 8.91. The first kappa shape index (κ1) is 32.8. The normalized spacial score (nSPS) is 18.8. The molecule has 12 heteroatoms. The van der Waals surface area contributed by atoms with Crippen molar-refractivity contribution >= 4 is 46.8 Å². The van der Waals surface area contributed by atoms with E-state index in [0.717, 1.165) is 23.2 Å². The second-order valence-electron chi connectivity index (χ2n) is 11.8. The van der Waals surface area contributed by atoms with E-state index in [1.54, 1.807) is 18.0 Å². The van der Waals surface area contributed by atoms with Crippen LogP contribution in [-0.4, -0.2) is 117 Å². The van der Waals surface area contributed by atoms with Crippen molar-refractivity contribution in [3.8, 4) is 0 Å². The second kappa shape index (κ2) is 15.2.